The first kappa shape index (κ1) is 15.9. The Morgan fingerprint density at radius 3 is 2.27 bits per heavy atom. The van der Waals surface area contributed by atoms with Crippen molar-refractivity contribution in [3.63, 3.8) is 0 Å². The highest BCUT2D eigenvalue weighted by Crippen LogP contribution is 2.08. The van der Waals surface area contributed by atoms with E-state index in [0.29, 0.717) is 6.42 Å². The molecule has 2 aromatic rings. The Labute approximate surface area is 132 Å². The Hall–Kier alpha value is -2.53. The first-order valence-electron chi connectivity index (χ1n) is 7.37. The Balaban J connectivity index is 1.84. The minimum absolute atomic E-state index is 0.211. The van der Waals surface area contributed by atoms with E-state index < -0.39 is 0 Å². The van der Waals surface area contributed by atoms with E-state index in [1.54, 1.807) is 0 Å². The number of carbonyl (C=O) groups is 1. The zero-order chi connectivity index (χ0) is 15.8. The van der Waals surface area contributed by atoms with Gasteiger partial charge in [0.25, 0.3) is 0 Å². The van der Waals surface area contributed by atoms with Crippen LogP contribution in [0.4, 0.5) is 0 Å². The highest BCUT2D eigenvalue weighted by Gasteiger charge is 2.02. The van der Waals surface area contributed by atoms with Crippen LogP contribution in [-0.2, 0) is 22.4 Å². The predicted molar refractivity (Wildman–Crippen MR) is 88.5 cm³/mol. The molecule has 0 aliphatic heterocycles. The molecular weight excluding hydrogens is 272 g/mol. The van der Waals surface area contributed by atoms with Gasteiger partial charge in [-0.2, -0.15) is 0 Å². The number of benzene rings is 2. The number of rotatable bonds is 4. The van der Waals surface area contributed by atoms with Crippen LogP contribution in [0.25, 0.3) is 0 Å². The lowest BCUT2D eigenvalue weighted by molar-refractivity contribution is -0.139. The van der Waals surface area contributed by atoms with E-state index in [1.165, 1.54) is 18.2 Å². The number of ether oxygens (including phenoxy) is 1. The highest BCUT2D eigenvalue weighted by molar-refractivity contribution is 5.72. The van der Waals surface area contributed by atoms with Crippen LogP contribution in [0.3, 0.4) is 0 Å². The van der Waals surface area contributed by atoms with Crippen LogP contribution in [0.15, 0.2) is 48.5 Å². The molecule has 0 aromatic heterocycles. The molecule has 0 saturated carbocycles. The molecule has 22 heavy (non-hydrogen) atoms. The van der Waals surface area contributed by atoms with Crippen LogP contribution < -0.4 is 0 Å². The van der Waals surface area contributed by atoms with Crippen molar-refractivity contribution >= 4 is 5.97 Å². The summed E-state index contributed by atoms with van der Waals surface area (Å²) in [5, 5.41) is 0. The summed E-state index contributed by atoms with van der Waals surface area (Å²) < 4.78 is 4.66. The van der Waals surface area contributed by atoms with Gasteiger partial charge < -0.3 is 4.74 Å². The smallest absolute Gasteiger partial charge is 0.309 e. The molecule has 0 aliphatic carbocycles. The van der Waals surface area contributed by atoms with E-state index in [2.05, 4.69) is 35.6 Å². The second kappa shape index (κ2) is 8.05. The Bertz CT molecular complexity index is 670. The van der Waals surface area contributed by atoms with Gasteiger partial charge in [-0.05, 0) is 36.6 Å². The summed E-state index contributed by atoms with van der Waals surface area (Å²) in [6.07, 6.45) is 2.06. The standard InChI is InChI=1S/C20H20O2/c1-16-7-9-17(10-8-16)5-3-4-6-18-11-13-19(14-12-18)15-20(21)22-2/h7-14H,4,6,15H2,1-2H3. The van der Waals surface area contributed by atoms with Crippen LogP contribution in [0.2, 0.25) is 0 Å². The number of methoxy groups -OCH3 is 1. The first-order chi connectivity index (χ1) is 10.7. The van der Waals surface area contributed by atoms with Gasteiger partial charge in [0.15, 0.2) is 0 Å². The molecule has 0 amide bonds. The van der Waals surface area contributed by atoms with Crippen LogP contribution in [-0.4, -0.2) is 13.1 Å². The zero-order valence-electron chi connectivity index (χ0n) is 13.1. The zero-order valence-corrected chi connectivity index (χ0v) is 13.1. The van der Waals surface area contributed by atoms with Crippen molar-refractivity contribution in [1.82, 2.24) is 0 Å². The van der Waals surface area contributed by atoms with E-state index in [1.807, 2.05) is 36.4 Å². The maximum Gasteiger partial charge on any atom is 0.309 e. The molecular formula is C20H20O2. The minimum atomic E-state index is -0.211. The van der Waals surface area contributed by atoms with Gasteiger partial charge >= 0.3 is 5.97 Å². The summed E-state index contributed by atoms with van der Waals surface area (Å²) >= 11 is 0. The quantitative estimate of drug-likeness (QED) is 0.634. The van der Waals surface area contributed by atoms with Gasteiger partial charge in [0.05, 0.1) is 13.5 Å². The van der Waals surface area contributed by atoms with Crippen molar-refractivity contribution in [1.29, 1.82) is 0 Å². The number of carbonyl (C=O) groups excluding carboxylic acids is 1. The lowest BCUT2D eigenvalue weighted by atomic mass is 10.1. The van der Waals surface area contributed by atoms with Gasteiger partial charge in [0, 0.05) is 12.0 Å². The lowest BCUT2D eigenvalue weighted by Gasteiger charge is -2.02. The molecule has 0 spiro atoms. The summed E-state index contributed by atoms with van der Waals surface area (Å²) in [6.45, 7) is 2.07. The molecule has 2 heteroatoms. The highest BCUT2D eigenvalue weighted by atomic mass is 16.5. The summed E-state index contributed by atoms with van der Waals surface area (Å²) in [5.74, 6) is 6.17. The average Bonchev–Trinajstić information content (AvgIpc) is 2.54. The molecule has 0 heterocycles. The third-order valence-corrected chi connectivity index (χ3v) is 3.42. The lowest BCUT2D eigenvalue weighted by Crippen LogP contribution is -2.04. The molecule has 2 rings (SSSR count). The molecule has 0 atom stereocenters. The van der Waals surface area contributed by atoms with Crippen molar-refractivity contribution in [2.45, 2.75) is 26.2 Å². The van der Waals surface area contributed by atoms with Gasteiger partial charge in [-0.15, -0.1) is 0 Å². The summed E-state index contributed by atoms with van der Waals surface area (Å²) in [5.41, 5.74) is 4.50. The second-order valence-corrected chi connectivity index (χ2v) is 5.24. The molecule has 0 aliphatic rings. The van der Waals surface area contributed by atoms with E-state index in [0.717, 1.165) is 24.0 Å². The Kier molecular flexibility index (Phi) is 5.80. The SMILES string of the molecule is COC(=O)Cc1ccc(CCC#Cc2ccc(C)cc2)cc1. The van der Waals surface area contributed by atoms with Crippen LogP contribution in [0, 0.1) is 18.8 Å². The van der Waals surface area contributed by atoms with Crippen molar-refractivity contribution in [2.24, 2.45) is 0 Å². The number of hydrogen-bond donors (Lipinski definition) is 0. The fourth-order valence-corrected chi connectivity index (χ4v) is 2.07. The minimum Gasteiger partial charge on any atom is -0.469 e. The molecule has 2 aromatic carbocycles. The van der Waals surface area contributed by atoms with Gasteiger partial charge in [-0.25, -0.2) is 0 Å². The molecule has 0 fully saturated rings. The average molecular weight is 292 g/mol. The number of aryl methyl sites for hydroxylation is 2. The third kappa shape index (κ3) is 5.10. The van der Waals surface area contributed by atoms with Crippen molar-refractivity contribution < 1.29 is 9.53 Å². The summed E-state index contributed by atoms with van der Waals surface area (Å²) in [6, 6.07) is 16.3. The predicted octanol–water partition coefficient (Wildman–Crippen LogP) is 3.69. The fraction of sp³-hybridized carbons (Fsp3) is 0.250. The molecule has 0 saturated heterocycles. The number of esters is 1. The van der Waals surface area contributed by atoms with E-state index in [-0.39, 0.29) is 5.97 Å². The third-order valence-electron chi connectivity index (χ3n) is 3.42. The summed E-state index contributed by atoms with van der Waals surface area (Å²) in [4.78, 5) is 11.2. The van der Waals surface area contributed by atoms with Crippen LogP contribution in [0.5, 0.6) is 0 Å². The van der Waals surface area contributed by atoms with E-state index in [9.17, 15) is 4.79 Å². The second-order valence-electron chi connectivity index (χ2n) is 5.24. The van der Waals surface area contributed by atoms with Gasteiger partial charge in [-0.1, -0.05) is 53.8 Å². The maximum atomic E-state index is 11.2. The molecule has 0 unspecified atom stereocenters. The molecule has 0 radical (unpaired) electrons. The molecule has 0 N–H and O–H groups in total. The first-order valence-corrected chi connectivity index (χ1v) is 7.37. The van der Waals surface area contributed by atoms with Gasteiger partial charge in [0.1, 0.15) is 0 Å². The molecule has 2 nitrogen and oxygen atoms in total. The number of hydrogen-bond acceptors (Lipinski definition) is 2. The topological polar surface area (TPSA) is 26.3 Å². The monoisotopic (exact) mass is 292 g/mol. The largest absolute Gasteiger partial charge is 0.469 e. The van der Waals surface area contributed by atoms with E-state index in [4.69, 9.17) is 0 Å². The van der Waals surface area contributed by atoms with E-state index >= 15 is 0 Å². The fourth-order valence-electron chi connectivity index (χ4n) is 2.07. The Morgan fingerprint density at radius 2 is 1.64 bits per heavy atom. The van der Waals surface area contributed by atoms with Crippen molar-refractivity contribution in [3.8, 4) is 11.8 Å². The molecule has 0 bridgehead atoms. The summed E-state index contributed by atoms with van der Waals surface area (Å²) in [7, 11) is 1.41. The van der Waals surface area contributed by atoms with Crippen LogP contribution in [0.1, 0.15) is 28.7 Å². The van der Waals surface area contributed by atoms with Gasteiger partial charge in [-0.3, -0.25) is 4.79 Å². The van der Waals surface area contributed by atoms with Crippen molar-refractivity contribution in [3.05, 3.63) is 70.8 Å². The molecule has 112 valence electrons. The van der Waals surface area contributed by atoms with Crippen molar-refractivity contribution in [2.75, 3.05) is 7.11 Å². The normalized spacial score (nSPS) is 9.73. The Morgan fingerprint density at radius 1 is 1.00 bits per heavy atom. The maximum absolute atomic E-state index is 11.2. The van der Waals surface area contributed by atoms with Gasteiger partial charge in [0.2, 0.25) is 0 Å². The van der Waals surface area contributed by atoms with Crippen LogP contribution >= 0.6 is 0 Å².